The first-order chi connectivity index (χ1) is 15.7. The van der Waals surface area contributed by atoms with Crippen LogP contribution in [0.3, 0.4) is 0 Å². The molecule has 0 saturated carbocycles. The molecule has 0 aliphatic carbocycles. The van der Waals surface area contributed by atoms with Gasteiger partial charge in [0.1, 0.15) is 5.75 Å². The second kappa shape index (κ2) is 10.4. The number of carbonyl (C=O) groups is 1. The molecule has 0 fully saturated rings. The molecule has 4 aromatic rings. The van der Waals surface area contributed by atoms with Crippen LogP contribution in [0.2, 0.25) is 0 Å². The zero-order valence-corrected chi connectivity index (χ0v) is 17.9. The third kappa shape index (κ3) is 6.05. The summed E-state index contributed by atoms with van der Waals surface area (Å²) in [6.07, 6.45) is 4.47. The van der Waals surface area contributed by atoms with Gasteiger partial charge in [0.15, 0.2) is 0 Å². The molecule has 32 heavy (non-hydrogen) atoms. The SMILES string of the molecule is NC(=O)c1ccc(Oc2ccc(CC(Cc3ccccc3)Cc3ccccc3)cc2)nc1. The summed E-state index contributed by atoms with van der Waals surface area (Å²) in [5.74, 6) is 1.12. The number of carbonyl (C=O) groups excluding carboxylic acids is 1. The minimum atomic E-state index is -0.506. The van der Waals surface area contributed by atoms with Gasteiger partial charge < -0.3 is 10.5 Å². The number of aromatic nitrogens is 1. The minimum absolute atomic E-state index is 0.357. The van der Waals surface area contributed by atoms with E-state index in [2.05, 4.69) is 77.8 Å². The standard InChI is InChI=1S/C28H26N2O2/c29-28(31)25-13-16-27(30-20-25)32-26-14-11-23(12-15-26)19-24(17-21-7-3-1-4-8-21)18-22-9-5-2-6-10-22/h1-16,20,24H,17-19H2,(H2,29,31). The molecule has 0 unspecified atom stereocenters. The number of pyridine rings is 1. The highest BCUT2D eigenvalue weighted by Crippen LogP contribution is 2.23. The Bertz CT molecular complexity index is 1080. The number of primary amides is 1. The lowest BCUT2D eigenvalue weighted by atomic mass is 9.87. The lowest BCUT2D eigenvalue weighted by Crippen LogP contribution is -2.12. The van der Waals surface area contributed by atoms with Crippen molar-refractivity contribution in [3.8, 4) is 11.6 Å². The highest BCUT2D eigenvalue weighted by atomic mass is 16.5. The molecule has 0 aliphatic heterocycles. The summed E-state index contributed by atoms with van der Waals surface area (Å²) in [4.78, 5) is 15.3. The van der Waals surface area contributed by atoms with Gasteiger partial charge in [0, 0.05) is 12.3 Å². The molecule has 1 heterocycles. The Kier molecular flexibility index (Phi) is 6.93. The zero-order valence-electron chi connectivity index (χ0n) is 17.9. The molecule has 0 bridgehead atoms. The fourth-order valence-electron chi connectivity index (χ4n) is 3.85. The van der Waals surface area contributed by atoms with Gasteiger partial charge in [-0.1, -0.05) is 72.8 Å². The summed E-state index contributed by atoms with van der Waals surface area (Å²) >= 11 is 0. The van der Waals surface area contributed by atoms with E-state index in [1.165, 1.54) is 22.9 Å². The first-order valence-electron chi connectivity index (χ1n) is 10.8. The highest BCUT2D eigenvalue weighted by Gasteiger charge is 2.13. The number of nitrogens with zero attached hydrogens (tertiary/aromatic N) is 1. The molecule has 4 nitrogen and oxygen atoms in total. The molecule has 0 atom stereocenters. The molecule has 0 radical (unpaired) electrons. The predicted molar refractivity (Wildman–Crippen MR) is 127 cm³/mol. The summed E-state index contributed by atoms with van der Waals surface area (Å²) in [6.45, 7) is 0. The number of nitrogens with two attached hydrogens (primary N) is 1. The molecule has 0 aliphatic rings. The van der Waals surface area contributed by atoms with E-state index >= 15 is 0 Å². The maximum absolute atomic E-state index is 11.2. The molecule has 4 rings (SSSR count). The zero-order chi connectivity index (χ0) is 22.2. The second-order valence-corrected chi connectivity index (χ2v) is 7.94. The second-order valence-electron chi connectivity index (χ2n) is 7.94. The number of rotatable bonds is 9. The number of ether oxygens (including phenoxy) is 1. The summed E-state index contributed by atoms with van der Waals surface area (Å²) in [5, 5.41) is 0. The van der Waals surface area contributed by atoms with E-state index in [0.29, 0.717) is 23.1 Å². The Morgan fingerprint density at radius 3 is 1.72 bits per heavy atom. The number of amides is 1. The van der Waals surface area contributed by atoms with E-state index in [1.807, 2.05) is 12.1 Å². The van der Waals surface area contributed by atoms with Crippen molar-refractivity contribution in [2.24, 2.45) is 11.7 Å². The van der Waals surface area contributed by atoms with Gasteiger partial charge in [-0.3, -0.25) is 4.79 Å². The average Bonchev–Trinajstić information content (AvgIpc) is 2.82. The molecule has 3 aromatic carbocycles. The van der Waals surface area contributed by atoms with Gasteiger partial charge in [-0.2, -0.15) is 0 Å². The molecule has 4 heteroatoms. The Labute approximate surface area is 188 Å². The highest BCUT2D eigenvalue weighted by molar-refractivity contribution is 5.92. The summed E-state index contributed by atoms with van der Waals surface area (Å²) in [6, 6.07) is 32.7. The largest absolute Gasteiger partial charge is 0.439 e. The molecular weight excluding hydrogens is 396 g/mol. The van der Waals surface area contributed by atoms with Crippen LogP contribution >= 0.6 is 0 Å². The predicted octanol–water partition coefficient (Wildman–Crippen LogP) is 5.62. The van der Waals surface area contributed by atoms with Crippen molar-refractivity contribution in [1.29, 1.82) is 0 Å². The van der Waals surface area contributed by atoms with E-state index < -0.39 is 5.91 Å². The fourth-order valence-corrected chi connectivity index (χ4v) is 3.85. The van der Waals surface area contributed by atoms with E-state index in [-0.39, 0.29) is 0 Å². The monoisotopic (exact) mass is 422 g/mol. The average molecular weight is 423 g/mol. The third-order valence-corrected chi connectivity index (χ3v) is 5.43. The van der Waals surface area contributed by atoms with Crippen molar-refractivity contribution >= 4 is 5.91 Å². The van der Waals surface area contributed by atoms with Crippen LogP contribution in [0.15, 0.2) is 103 Å². The summed E-state index contributed by atoms with van der Waals surface area (Å²) in [5.41, 5.74) is 9.60. The summed E-state index contributed by atoms with van der Waals surface area (Å²) < 4.78 is 5.80. The van der Waals surface area contributed by atoms with Crippen molar-refractivity contribution in [2.75, 3.05) is 0 Å². The van der Waals surface area contributed by atoms with E-state index in [1.54, 1.807) is 12.1 Å². The van der Waals surface area contributed by atoms with Crippen LogP contribution < -0.4 is 10.5 Å². The fraction of sp³-hybridized carbons (Fsp3) is 0.143. The maximum Gasteiger partial charge on any atom is 0.250 e. The van der Waals surface area contributed by atoms with Crippen LogP contribution in [0.1, 0.15) is 27.0 Å². The van der Waals surface area contributed by atoms with Gasteiger partial charge in [-0.05, 0) is 60.1 Å². The van der Waals surface area contributed by atoms with E-state index in [0.717, 1.165) is 19.3 Å². The minimum Gasteiger partial charge on any atom is -0.439 e. The van der Waals surface area contributed by atoms with Gasteiger partial charge >= 0.3 is 0 Å². The van der Waals surface area contributed by atoms with Crippen molar-refractivity contribution < 1.29 is 9.53 Å². The van der Waals surface area contributed by atoms with Crippen molar-refractivity contribution in [2.45, 2.75) is 19.3 Å². The number of hydrogen-bond acceptors (Lipinski definition) is 3. The summed E-state index contributed by atoms with van der Waals surface area (Å²) in [7, 11) is 0. The number of benzene rings is 3. The van der Waals surface area contributed by atoms with E-state index in [9.17, 15) is 4.79 Å². The molecule has 160 valence electrons. The van der Waals surface area contributed by atoms with Crippen LogP contribution in [-0.2, 0) is 19.3 Å². The van der Waals surface area contributed by atoms with Crippen LogP contribution in [-0.4, -0.2) is 10.9 Å². The molecular formula is C28H26N2O2. The van der Waals surface area contributed by atoms with Crippen LogP contribution in [0, 0.1) is 5.92 Å². The Balaban J connectivity index is 1.43. The van der Waals surface area contributed by atoms with Crippen molar-refractivity contribution in [1.82, 2.24) is 4.98 Å². The van der Waals surface area contributed by atoms with Gasteiger partial charge in [-0.15, -0.1) is 0 Å². The Morgan fingerprint density at radius 1 is 0.719 bits per heavy atom. The van der Waals surface area contributed by atoms with E-state index in [4.69, 9.17) is 10.5 Å². The molecule has 1 amide bonds. The van der Waals surface area contributed by atoms with Gasteiger partial charge in [0.05, 0.1) is 5.56 Å². The maximum atomic E-state index is 11.2. The number of hydrogen-bond donors (Lipinski definition) is 1. The molecule has 0 saturated heterocycles. The van der Waals surface area contributed by atoms with Crippen LogP contribution in [0.4, 0.5) is 0 Å². The topological polar surface area (TPSA) is 65.2 Å². The van der Waals surface area contributed by atoms with Crippen LogP contribution in [0.25, 0.3) is 0 Å². The first kappa shape index (κ1) is 21.3. The quantitative estimate of drug-likeness (QED) is 0.381. The smallest absolute Gasteiger partial charge is 0.250 e. The first-order valence-corrected chi connectivity index (χ1v) is 10.8. The van der Waals surface area contributed by atoms with Crippen LogP contribution in [0.5, 0.6) is 11.6 Å². The van der Waals surface area contributed by atoms with Gasteiger partial charge in [0.25, 0.3) is 0 Å². The van der Waals surface area contributed by atoms with Crippen molar-refractivity contribution in [3.05, 3.63) is 126 Å². The lowest BCUT2D eigenvalue weighted by Gasteiger charge is -2.18. The lowest BCUT2D eigenvalue weighted by molar-refractivity contribution is 0.1000. The Hall–Kier alpha value is -3.92. The molecule has 2 N–H and O–H groups in total. The third-order valence-electron chi connectivity index (χ3n) is 5.43. The van der Waals surface area contributed by atoms with Gasteiger partial charge in [-0.25, -0.2) is 4.98 Å². The van der Waals surface area contributed by atoms with Gasteiger partial charge in [0.2, 0.25) is 11.8 Å². The normalized spacial score (nSPS) is 10.8. The molecule has 1 aromatic heterocycles. The Morgan fingerprint density at radius 2 is 1.25 bits per heavy atom. The molecule has 0 spiro atoms. The van der Waals surface area contributed by atoms with Crippen molar-refractivity contribution in [3.63, 3.8) is 0 Å².